The van der Waals surface area contributed by atoms with Crippen LogP contribution in [0.4, 0.5) is 0 Å². The predicted octanol–water partition coefficient (Wildman–Crippen LogP) is 1.08. The van der Waals surface area contributed by atoms with Gasteiger partial charge in [-0.05, 0) is 31.6 Å². The first kappa shape index (κ1) is 16.6. The first-order chi connectivity index (χ1) is 11.3. The molecule has 2 aliphatic heterocycles. The summed E-state index contributed by atoms with van der Waals surface area (Å²) in [5.74, 6) is 1.96. The summed E-state index contributed by atoms with van der Waals surface area (Å²) in [5, 5.41) is 3.53. The number of carbonyl (C=O) groups excluding carboxylic acids is 1. The summed E-state index contributed by atoms with van der Waals surface area (Å²) in [5.41, 5.74) is 0. The van der Waals surface area contributed by atoms with Crippen LogP contribution in [0.15, 0.2) is 4.99 Å². The number of ether oxygens (including phenoxy) is 1. The molecule has 1 atom stereocenters. The Bertz CT molecular complexity index is 420. The number of hydrogen-bond donors (Lipinski definition) is 1. The van der Waals surface area contributed by atoms with E-state index in [1.807, 2.05) is 11.9 Å². The van der Waals surface area contributed by atoms with Crippen molar-refractivity contribution in [2.24, 2.45) is 10.9 Å². The SMILES string of the molecule is CN=C(NCC1CCCC1)N1CCN(C(=O)C2CCCO2)CC1. The van der Waals surface area contributed by atoms with Crippen LogP contribution < -0.4 is 5.32 Å². The quantitative estimate of drug-likeness (QED) is 0.624. The maximum atomic E-state index is 12.4. The highest BCUT2D eigenvalue weighted by atomic mass is 16.5. The van der Waals surface area contributed by atoms with Crippen molar-refractivity contribution in [2.45, 2.75) is 44.6 Å². The second kappa shape index (κ2) is 7.99. The van der Waals surface area contributed by atoms with Gasteiger partial charge in [-0.25, -0.2) is 0 Å². The zero-order valence-corrected chi connectivity index (χ0v) is 14.3. The third-order valence-corrected chi connectivity index (χ3v) is 5.33. The van der Waals surface area contributed by atoms with Crippen LogP contribution in [0.25, 0.3) is 0 Å². The van der Waals surface area contributed by atoms with E-state index >= 15 is 0 Å². The topological polar surface area (TPSA) is 57.2 Å². The molecule has 1 unspecified atom stereocenters. The minimum absolute atomic E-state index is 0.177. The first-order valence-electron chi connectivity index (χ1n) is 9.14. The molecule has 0 aromatic rings. The van der Waals surface area contributed by atoms with E-state index in [4.69, 9.17) is 4.74 Å². The fourth-order valence-electron chi connectivity index (χ4n) is 3.90. The number of hydrogen-bond acceptors (Lipinski definition) is 3. The molecule has 1 saturated carbocycles. The number of nitrogens with one attached hydrogen (secondary N) is 1. The zero-order chi connectivity index (χ0) is 16.1. The molecule has 23 heavy (non-hydrogen) atoms. The maximum Gasteiger partial charge on any atom is 0.251 e. The Hall–Kier alpha value is -1.30. The maximum absolute atomic E-state index is 12.4. The van der Waals surface area contributed by atoms with Crippen LogP contribution in [-0.2, 0) is 9.53 Å². The molecule has 0 aromatic carbocycles. The lowest BCUT2D eigenvalue weighted by Crippen LogP contribution is -2.55. The van der Waals surface area contributed by atoms with Crippen LogP contribution in [0.5, 0.6) is 0 Å². The van der Waals surface area contributed by atoms with Crippen molar-refractivity contribution in [3.8, 4) is 0 Å². The lowest BCUT2D eigenvalue weighted by molar-refractivity contribution is -0.142. The van der Waals surface area contributed by atoms with Gasteiger partial charge >= 0.3 is 0 Å². The Morgan fingerprint density at radius 1 is 1.09 bits per heavy atom. The Morgan fingerprint density at radius 2 is 1.78 bits per heavy atom. The average Bonchev–Trinajstić information content (AvgIpc) is 3.29. The monoisotopic (exact) mass is 322 g/mol. The second-order valence-corrected chi connectivity index (χ2v) is 6.89. The summed E-state index contributed by atoms with van der Waals surface area (Å²) in [6.45, 7) is 4.99. The van der Waals surface area contributed by atoms with Crippen molar-refractivity contribution in [3.05, 3.63) is 0 Å². The molecule has 2 heterocycles. The molecule has 1 aliphatic carbocycles. The molecule has 6 heteroatoms. The highest BCUT2D eigenvalue weighted by molar-refractivity contribution is 5.82. The van der Waals surface area contributed by atoms with Crippen molar-refractivity contribution in [2.75, 3.05) is 46.4 Å². The molecule has 1 N–H and O–H groups in total. The van der Waals surface area contributed by atoms with Crippen molar-refractivity contribution in [1.82, 2.24) is 15.1 Å². The smallest absolute Gasteiger partial charge is 0.251 e. The second-order valence-electron chi connectivity index (χ2n) is 6.89. The lowest BCUT2D eigenvalue weighted by Gasteiger charge is -2.37. The summed E-state index contributed by atoms with van der Waals surface area (Å²) in [4.78, 5) is 21.0. The van der Waals surface area contributed by atoms with Crippen LogP contribution >= 0.6 is 0 Å². The summed E-state index contributed by atoms with van der Waals surface area (Å²) >= 11 is 0. The van der Waals surface area contributed by atoms with Gasteiger partial charge in [0.25, 0.3) is 5.91 Å². The number of amides is 1. The molecule has 6 nitrogen and oxygen atoms in total. The van der Waals surface area contributed by atoms with Gasteiger partial charge < -0.3 is 19.9 Å². The van der Waals surface area contributed by atoms with Crippen molar-refractivity contribution in [3.63, 3.8) is 0 Å². The number of rotatable bonds is 3. The molecular weight excluding hydrogens is 292 g/mol. The van der Waals surface area contributed by atoms with Crippen LogP contribution in [0.2, 0.25) is 0 Å². The normalized spacial score (nSPS) is 26.8. The van der Waals surface area contributed by atoms with E-state index in [0.717, 1.165) is 64.0 Å². The third kappa shape index (κ3) is 4.16. The molecular formula is C17H30N4O2. The van der Waals surface area contributed by atoms with Gasteiger partial charge in [0, 0.05) is 46.4 Å². The van der Waals surface area contributed by atoms with E-state index in [-0.39, 0.29) is 12.0 Å². The van der Waals surface area contributed by atoms with Gasteiger partial charge in [-0.2, -0.15) is 0 Å². The Kier molecular flexibility index (Phi) is 5.75. The van der Waals surface area contributed by atoms with Gasteiger partial charge in [0.05, 0.1) is 0 Å². The van der Waals surface area contributed by atoms with Crippen molar-refractivity contribution in [1.29, 1.82) is 0 Å². The fraction of sp³-hybridized carbons (Fsp3) is 0.882. The minimum atomic E-state index is -0.193. The Morgan fingerprint density at radius 3 is 2.39 bits per heavy atom. The van der Waals surface area contributed by atoms with Gasteiger partial charge in [-0.3, -0.25) is 9.79 Å². The zero-order valence-electron chi connectivity index (χ0n) is 14.3. The van der Waals surface area contributed by atoms with E-state index < -0.39 is 0 Å². The Balaban J connectivity index is 1.44. The van der Waals surface area contributed by atoms with E-state index in [1.54, 1.807) is 0 Å². The van der Waals surface area contributed by atoms with E-state index in [2.05, 4.69) is 15.2 Å². The largest absolute Gasteiger partial charge is 0.368 e. The number of aliphatic imine (C=N–C) groups is 1. The molecule has 0 radical (unpaired) electrons. The lowest BCUT2D eigenvalue weighted by atomic mass is 10.1. The molecule has 3 aliphatic rings. The molecule has 0 aromatic heterocycles. The summed E-state index contributed by atoms with van der Waals surface area (Å²) in [6, 6.07) is 0. The molecule has 130 valence electrons. The number of piperazine rings is 1. The van der Waals surface area contributed by atoms with Crippen molar-refractivity contribution < 1.29 is 9.53 Å². The summed E-state index contributed by atoms with van der Waals surface area (Å²) in [6.07, 6.45) is 7.12. The van der Waals surface area contributed by atoms with Crippen LogP contribution in [0, 0.1) is 5.92 Å². The van der Waals surface area contributed by atoms with Gasteiger partial charge in [-0.15, -0.1) is 0 Å². The van der Waals surface area contributed by atoms with Crippen molar-refractivity contribution >= 4 is 11.9 Å². The highest BCUT2D eigenvalue weighted by Crippen LogP contribution is 2.23. The molecule has 0 bridgehead atoms. The van der Waals surface area contributed by atoms with Gasteiger partial charge in [0.1, 0.15) is 6.10 Å². The van der Waals surface area contributed by atoms with Crippen LogP contribution in [0.3, 0.4) is 0 Å². The summed E-state index contributed by atoms with van der Waals surface area (Å²) in [7, 11) is 1.85. The van der Waals surface area contributed by atoms with E-state index in [0.29, 0.717) is 0 Å². The Labute approximate surface area is 139 Å². The fourth-order valence-corrected chi connectivity index (χ4v) is 3.90. The molecule has 2 saturated heterocycles. The van der Waals surface area contributed by atoms with Crippen LogP contribution in [-0.4, -0.2) is 74.1 Å². The average molecular weight is 322 g/mol. The predicted molar refractivity (Wildman–Crippen MR) is 90.4 cm³/mol. The van der Waals surface area contributed by atoms with E-state index in [9.17, 15) is 4.79 Å². The third-order valence-electron chi connectivity index (χ3n) is 5.33. The number of carbonyl (C=O) groups is 1. The van der Waals surface area contributed by atoms with Gasteiger partial charge in [-0.1, -0.05) is 12.8 Å². The van der Waals surface area contributed by atoms with Gasteiger partial charge in [0.15, 0.2) is 5.96 Å². The molecule has 3 fully saturated rings. The minimum Gasteiger partial charge on any atom is -0.368 e. The molecule has 1 amide bonds. The number of guanidine groups is 1. The molecule has 0 spiro atoms. The standard InChI is InChI=1S/C17H30N4O2/c1-18-17(19-13-14-5-2-3-6-14)21-10-8-20(9-11-21)16(22)15-7-4-12-23-15/h14-15H,2-13H2,1H3,(H,18,19). The first-order valence-corrected chi connectivity index (χ1v) is 9.14. The summed E-state index contributed by atoms with van der Waals surface area (Å²) < 4.78 is 5.52. The highest BCUT2D eigenvalue weighted by Gasteiger charge is 2.31. The van der Waals surface area contributed by atoms with Crippen LogP contribution in [0.1, 0.15) is 38.5 Å². The van der Waals surface area contributed by atoms with E-state index in [1.165, 1.54) is 25.7 Å². The molecule has 3 rings (SSSR count). The van der Waals surface area contributed by atoms with Gasteiger partial charge in [0.2, 0.25) is 0 Å². The number of nitrogens with zero attached hydrogens (tertiary/aromatic N) is 3.